The van der Waals surface area contributed by atoms with E-state index in [1.165, 1.54) is 17.8 Å². The number of hydrogen-bond donors (Lipinski definition) is 3. The third-order valence-corrected chi connectivity index (χ3v) is 7.52. The first-order valence-electron chi connectivity index (χ1n) is 10.7. The number of piperidine rings is 1. The zero-order valence-corrected chi connectivity index (χ0v) is 16.8. The first-order valence-corrected chi connectivity index (χ1v) is 10.7. The van der Waals surface area contributed by atoms with E-state index in [2.05, 4.69) is 26.0 Å². The van der Waals surface area contributed by atoms with Crippen LogP contribution in [0.2, 0.25) is 0 Å². The van der Waals surface area contributed by atoms with Crippen LogP contribution in [0.5, 0.6) is 0 Å². The van der Waals surface area contributed by atoms with Crippen molar-refractivity contribution in [3.8, 4) is 0 Å². The molecular weight excluding hydrogens is 378 g/mol. The lowest BCUT2D eigenvalue weighted by Gasteiger charge is -2.35. The first-order chi connectivity index (χ1) is 14.6. The minimum absolute atomic E-state index is 0.285. The SMILES string of the molecule is N=NNCC12CCN(c3c4c(c(C(N)=O)c5nc6ccccc6n35)CCC4)CC1C2. The number of benzene rings is 1. The second-order valence-electron chi connectivity index (χ2n) is 9.04. The summed E-state index contributed by atoms with van der Waals surface area (Å²) in [6, 6.07) is 8.08. The number of carbonyl (C=O) groups is 1. The molecule has 2 fully saturated rings. The molecule has 1 saturated carbocycles. The Morgan fingerprint density at radius 3 is 2.97 bits per heavy atom. The molecule has 3 aliphatic rings. The number of nitrogens with one attached hydrogen (secondary N) is 2. The molecular formula is C22H25N7O. The second-order valence-corrected chi connectivity index (χ2v) is 9.04. The Hall–Kier alpha value is -3.16. The number of imidazole rings is 1. The quantitative estimate of drug-likeness (QED) is 0.449. The van der Waals surface area contributed by atoms with Gasteiger partial charge in [-0.2, -0.15) is 5.53 Å². The summed E-state index contributed by atoms with van der Waals surface area (Å²) in [5.74, 6) is 1.43. The van der Waals surface area contributed by atoms with Gasteiger partial charge in [0, 0.05) is 19.6 Å². The Morgan fingerprint density at radius 2 is 2.17 bits per heavy atom. The molecule has 2 unspecified atom stereocenters. The summed E-state index contributed by atoms with van der Waals surface area (Å²) in [6.07, 6.45) is 5.17. The summed E-state index contributed by atoms with van der Waals surface area (Å²) in [6.45, 7) is 2.74. The normalized spacial score (nSPS) is 24.7. The monoisotopic (exact) mass is 403 g/mol. The zero-order chi connectivity index (χ0) is 20.5. The van der Waals surface area contributed by atoms with Gasteiger partial charge in [0.25, 0.3) is 5.91 Å². The highest BCUT2D eigenvalue weighted by molar-refractivity contribution is 6.03. The van der Waals surface area contributed by atoms with Crippen molar-refractivity contribution < 1.29 is 4.79 Å². The summed E-state index contributed by atoms with van der Waals surface area (Å²) in [5.41, 5.74) is 21.6. The van der Waals surface area contributed by atoms with Gasteiger partial charge < -0.3 is 10.6 Å². The summed E-state index contributed by atoms with van der Waals surface area (Å²) in [7, 11) is 0. The highest BCUT2D eigenvalue weighted by Gasteiger charge is 2.56. The summed E-state index contributed by atoms with van der Waals surface area (Å²) in [4.78, 5) is 19.8. The van der Waals surface area contributed by atoms with E-state index in [9.17, 15) is 4.79 Å². The third kappa shape index (κ3) is 2.33. The number of amides is 1. The van der Waals surface area contributed by atoms with Crippen molar-refractivity contribution in [3.63, 3.8) is 0 Å². The Kier molecular flexibility index (Phi) is 3.63. The zero-order valence-electron chi connectivity index (χ0n) is 16.8. The van der Waals surface area contributed by atoms with Crippen LogP contribution in [0.4, 0.5) is 5.82 Å². The van der Waals surface area contributed by atoms with E-state index in [0.29, 0.717) is 17.1 Å². The van der Waals surface area contributed by atoms with Crippen LogP contribution in [0.3, 0.4) is 0 Å². The number of pyridine rings is 1. The van der Waals surface area contributed by atoms with Crippen LogP contribution in [-0.2, 0) is 12.8 Å². The molecule has 30 heavy (non-hydrogen) atoms. The fourth-order valence-corrected chi connectivity index (χ4v) is 5.94. The molecule has 3 aromatic rings. The Balaban J connectivity index is 1.54. The van der Waals surface area contributed by atoms with Crippen LogP contribution >= 0.6 is 0 Å². The van der Waals surface area contributed by atoms with Crippen LogP contribution in [0.25, 0.3) is 16.7 Å². The molecule has 4 N–H and O–H groups in total. The molecule has 1 aromatic carbocycles. The number of para-hydroxylation sites is 2. The van der Waals surface area contributed by atoms with Gasteiger partial charge in [0.15, 0.2) is 5.65 Å². The van der Waals surface area contributed by atoms with Crippen molar-refractivity contribution >= 4 is 28.4 Å². The number of nitrogens with zero attached hydrogens (tertiary/aromatic N) is 4. The van der Waals surface area contributed by atoms with Gasteiger partial charge in [-0.3, -0.25) is 14.6 Å². The van der Waals surface area contributed by atoms with Crippen molar-refractivity contribution in [3.05, 3.63) is 41.0 Å². The highest BCUT2D eigenvalue weighted by Crippen LogP contribution is 2.58. The van der Waals surface area contributed by atoms with Crippen LogP contribution in [0.1, 0.15) is 40.7 Å². The molecule has 8 heteroatoms. The molecule has 8 nitrogen and oxygen atoms in total. The number of nitrogens with two attached hydrogens (primary N) is 1. The van der Waals surface area contributed by atoms with E-state index >= 15 is 0 Å². The fraction of sp³-hybridized carbons (Fsp3) is 0.455. The number of hydrogen-bond acceptors (Lipinski definition) is 5. The molecule has 1 aliphatic heterocycles. The van der Waals surface area contributed by atoms with Gasteiger partial charge in [0.1, 0.15) is 5.82 Å². The van der Waals surface area contributed by atoms with Crippen molar-refractivity contribution in [2.45, 2.75) is 32.1 Å². The number of rotatable bonds is 5. The van der Waals surface area contributed by atoms with Gasteiger partial charge in [-0.1, -0.05) is 17.4 Å². The van der Waals surface area contributed by atoms with Crippen molar-refractivity contribution in [1.82, 2.24) is 14.8 Å². The number of anilines is 1. The van der Waals surface area contributed by atoms with Gasteiger partial charge >= 0.3 is 0 Å². The molecule has 2 aliphatic carbocycles. The second kappa shape index (κ2) is 6.17. The topological polar surface area (TPSA) is 112 Å². The fourth-order valence-electron chi connectivity index (χ4n) is 5.94. The molecule has 1 saturated heterocycles. The molecule has 0 spiro atoms. The number of primary amides is 1. The standard InChI is InChI=1S/C22H25N7O/c23-19(30)18-14-4-3-5-15(14)21(29-17-7-2-1-6-16(17)26-20(18)29)28-9-8-22(12-25-27-24)10-13(22)11-28/h1-2,6-7,13H,3-5,8-12H2,(H2,23,30)(H2,24,25). The molecule has 0 bridgehead atoms. The van der Waals surface area contributed by atoms with E-state index in [1.54, 1.807) is 0 Å². The Labute approximate surface area is 173 Å². The molecule has 0 radical (unpaired) electrons. The van der Waals surface area contributed by atoms with Crippen molar-refractivity contribution in [1.29, 1.82) is 5.53 Å². The van der Waals surface area contributed by atoms with Crippen LogP contribution in [0.15, 0.2) is 29.5 Å². The van der Waals surface area contributed by atoms with E-state index in [-0.39, 0.29) is 11.3 Å². The molecule has 2 atom stereocenters. The maximum Gasteiger partial charge on any atom is 0.252 e. The number of carbonyl (C=O) groups excluding carboxylic acids is 1. The number of aromatic nitrogens is 2. The van der Waals surface area contributed by atoms with E-state index in [0.717, 1.165) is 61.9 Å². The highest BCUT2D eigenvalue weighted by atomic mass is 16.1. The summed E-state index contributed by atoms with van der Waals surface area (Å²) in [5, 5.41) is 3.35. The van der Waals surface area contributed by atoms with Gasteiger partial charge in [0.05, 0.1) is 16.6 Å². The summed E-state index contributed by atoms with van der Waals surface area (Å²) < 4.78 is 2.19. The van der Waals surface area contributed by atoms with Crippen molar-refractivity contribution in [2.24, 2.45) is 22.3 Å². The van der Waals surface area contributed by atoms with Crippen molar-refractivity contribution in [2.75, 3.05) is 24.5 Å². The largest absolute Gasteiger partial charge is 0.365 e. The van der Waals surface area contributed by atoms with Gasteiger partial charge in [-0.05, 0) is 66.7 Å². The average Bonchev–Trinajstić information content (AvgIpc) is 3.05. The molecule has 154 valence electrons. The molecule has 6 rings (SSSR count). The third-order valence-electron chi connectivity index (χ3n) is 7.52. The Morgan fingerprint density at radius 1 is 1.33 bits per heavy atom. The van der Waals surface area contributed by atoms with Crippen LogP contribution in [0, 0.1) is 16.9 Å². The minimum Gasteiger partial charge on any atom is -0.365 e. The van der Waals surface area contributed by atoms with E-state index in [4.69, 9.17) is 16.2 Å². The molecule has 1 amide bonds. The first kappa shape index (κ1) is 17.7. The maximum atomic E-state index is 12.5. The lowest BCUT2D eigenvalue weighted by atomic mass is 9.94. The van der Waals surface area contributed by atoms with Gasteiger partial charge in [0.2, 0.25) is 0 Å². The predicted molar refractivity (Wildman–Crippen MR) is 114 cm³/mol. The maximum absolute atomic E-state index is 12.5. The summed E-state index contributed by atoms with van der Waals surface area (Å²) >= 11 is 0. The Bertz CT molecular complexity index is 1220. The smallest absolute Gasteiger partial charge is 0.252 e. The predicted octanol–water partition coefficient (Wildman–Crippen LogP) is 2.83. The molecule has 3 heterocycles. The van der Waals surface area contributed by atoms with Crippen LogP contribution in [-0.4, -0.2) is 34.9 Å². The van der Waals surface area contributed by atoms with E-state index < -0.39 is 0 Å². The lowest BCUT2D eigenvalue weighted by molar-refractivity contribution is 0.100. The average molecular weight is 403 g/mol. The minimum atomic E-state index is -0.384. The van der Waals surface area contributed by atoms with Gasteiger partial charge in [-0.25, -0.2) is 4.98 Å². The van der Waals surface area contributed by atoms with Crippen LogP contribution < -0.4 is 16.1 Å². The number of fused-ring (bicyclic) bond motifs is 5. The van der Waals surface area contributed by atoms with E-state index in [1.807, 2.05) is 18.2 Å². The molecule has 2 aromatic heterocycles. The lowest BCUT2D eigenvalue weighted by Crippen LogP contribution is -2.39. The van der Waals surface area contributed by atoms with Gasteiger partial charge in [-0.15, -0.1) is 0 Å².